The third-order valence-corrected chi connectivity index (χ3v) is 6.09. The van der Waals surface area contributed by atoms with Gasteiger partial charge in [-0.15, -0.1) is 0 Å². The van der Waals surface area contributed by atoms with E-state index in [0.29, 0.717) is 5.95 Å². The van der Waals surface area contributed by atoms with E-state index < -0.39 is 0 Å². The van der Waals surface area contributed by atoms with E-state index in [1.165, 1.54) is 44.1 Å². The van der Waals surface area contributed by atoms with Crippen LogP contribution in [0.4, 0.5) is 5.95 Å². The van der Waals surface area contributed by atoms with E-state index in [0.717, 1.165) is 17.8 Å². The zero-order valence-corrected chi connectivity index (χ0v) is 13.6. The number of nitrogens with one attached hydrogen (secondary N) is 2. The SMILES string of the molecule is C/C(=C/C(=O)NNc1ncccn1)C12CC3CC(CC(C3)C1)C2. The van der Waals surface area contributed by atoms with E-state index in [4.69, 9.17) is 0 Å². The van der Waals surface area contributed by atoms with Gasteiger partial charge >= 0.3 is 0 Å². The van der Waals surface area contributed by atoms with Crippen molar-refractivity contribution in [2.24, 2.45) is 23.2 Å². The Morgan fingerprint density at radius 1 is 1.13 bits per heavy atom. The minimum absolute atomic E-state index is 0.120. The molecule has 0 atom stereocenters. The third-order valence-electron chi connectivity index (χ3n) is 6.09. The molecular weight excluding hydrogens is 288 g/mol. The van der Waals surface area contributed by atoms with Gasteiger partial charge in [-0.05, 0) is 74.7 Å². The van der Waals surface area contributed by atoms with Crippen molar-refractivity contribution >= 4 is 11.9 Å². The topological polar surface area (TPSA) is 66.9 Å². The van der Waals surface area contributed by atoms with Gasteiger partial charge in [0.2, 0.25) is 5.95 Å². The third kappa shape index (κ3) is 2.84. The van der Waals surface area contributed by atoms with E-state index in [2.05, 4.69) is 27.7 Å². The second kappa shape index (κ2) is 5.62. The van der Waals surface area contributed by atoms with Crippen LogP contribution in [0, 0.1) is 23.2 Å². The number of aromatic nitrogens is 2. The van der Waals surface area contributed by atoms with Crippen LogP contribution in [-0.2, 0) is 4.79 Å². The monoisotopic (exact) mass is 312 g/mol. The van der Waals surface area contributed by atoms with Crippen molar-refractivity contribution in [2.45, 2.75) is 45.4 Å². The van der Waals surface area contributed by atoms with Crippen LogP contribution >= 0.6 is 0 Å². The van der Waals surface area contributed by atoms with Crippen molar-refractivity contribution in [1.29, 1.82) is 0 Å². The van der Waals surface area contributed by atoms with Gasteiger partial charge in [0.05, 0.1) is 0 Å². The molecule has 0 saturated heterocycles. The Kier molecular flexibility index (Phi) is 3.58. The molecule has 1 aromatic heterocycles. The van der Waals surface area contributed by atoms with Crippen LogP contribution in [0.5, 0.6) is 0 Å². The lowest BCUT2D eigenvalue weighted by atomic mass is 9.48. The quantitative estimate of drug-likeness (QED) is 0.662. The summed E-state index contributed by atoms with van der Waals surface area (Å²) in [6, 6.07) is 1.74. The van der Waals surface area contributed by atoms with Crippen molar-refractivity contribution < 1.29 is 4.79 Å². The molecule has 4 saturated carbocycles. The number of hydrazine groups is 1. The van der Waals surface area contributed by atoms with Gasteiger partial charge in [-0.1, -0.05) is 5.57 Å². The second-order valence-corrected chi connectivity index (χ2v) is 7.71. The molecule has 1 heterocycles. The highest BCUT2D eigenvalue weighted by molar-refractivity contribution is 5.89. The summed E-state index contributed by atoms with van der Waals surface area (Å²) in [6.07, 6.45) is 13.2. The molecule has 4 bridgehead atoms. The molecule has 0 aliphatic heterocycles. The van der Waals surface area contributed by atoms with Crippen molar-refractivity contribution in [3.05, 3.63) is 30.1 Å². The molecule has 4 fully saturated rings. The summed E-state index contributed by atoms with van der Waals surface area (Å²) in [7, 11) is 0. The number of rotatable bonds is 4. The summed E-state index contributed by atoms with van der Waals surface area (Å²) in [6.45, 7) is 2.14. The maximum atomic E-state index is 12.2. The van der Waals surface area contributed by atoms with E-state index in [1.807, 2.05) is 0 Å². The van der Waals surface area contributed by atoms with Gasteiger partial charge in [-0.3, -0.25) is 15.6 Å². The lowest BCUT2D eigenvalue weighted by Crippen LogP contribution is -2.46. The molecule has 5 nitrogen and oxygen atoms in total. The minimum Gasteiger partial charge on any atom is -0.268 e. The molecule has 2 N–H and O–H groups in total. The van der Waals surface area contributed by atoms with Crippen LogP contribution in [-0.4, -0.2) is 15.9 Å². The van der Waals surface area contributed by atoms with E-state index in [1.54, 1.807) is 24.5 Å². The molecule has 5 heteroatoms. The lowest BCUT2D eigenvalue weighted by molar-refractivity contribution is -0.116. The summed E-state index contributed by atoms with van der Waals surface area (Å²) >= 11 is 0. The average molecular weight is 312 g/mol. The molecule has 0 unspecified atom stereocenters. The smallest absolute Gasteiger partial charge is 0.262 e. The normalized spacial score (nSPS) is 35.2. The summed E-state index contributed by atoms with van der Waals surface area (Å²) in [5.41, 5.74) is 6.97. The summed E-state index contributed by atoms with van der Waals surface area (Å²) in [5.74, 6) is 2.96. The predicted molar refractivity (Wildman–Crippen MR) is 88.2 cm³/mol. The van der Waals surface area contributed by atoms with Gasteiger partial charge in [0.1, 0.15) is 0 Å². The maximum Gasteiger partial charge on any atom is 0.262 e. The first-order chi connectivity index (χ1) is 11.1. The van der Waals surface area contributed by atoms with Crippen LogP contribution < -0.4 is 10.9 Å². The van der Waals surface area contributed by atoms with Gasteiger partial charge in [-0.25, -0.2) is 9.97 Å². The number of hydrogen-bond acceptors (Lipinski definition) is 4. The van der Waals surface area contributed by atoms with Gasteiger partial charge in [0.25, 0.3) is 5.91 Å². The van der Waals surface area contributed by atoms with E-state index in [9.17, 15) is 4.79 Å². The van der Waals surface area contributed by atoms with Gasteiger partial charge in [-0.2, -0.15) is 0 Å². The molecular formula is C18H24N4O. The van der Waals surface area contributed by atoms with Gasteiger partial charge in [0, 0.05) is 18.5 Å². The number of carbonyl (C=O) groups excluding carboxylic acids is 1. The minimum atomic E-state index is -0.120. The second-order valence-electron chi connectivity index (χ2n) is 7.71. The van der Waals surface area contributed by atoms with Crippen LogP contribution in [0.25, 0.3) is 0 Å². The van der Waals surface area contributed by atoms with Gasteiger partial charge in [0.15, 0.2) is 0 Å². The lowest BCUT2D eigenvalue weighted by Gasteiger charge is -2.57. The predicted octanol–water partition coefficient (Wildman–Crippen LogP) is 3.08. The highest BCUT2D eigenvalue weighted by Crippen LogP contribution is 2.62. The first kappa shape index (κ1) is 14.7. The maximum absolute atomic E-state index is 12.2. The van der Waals surface area contributed by atoms with Crippen LogP contribution in [0.2, 0.25) is 0 Å². The highest BCUT2D eigenvalue weighted by atomic mass is 16.2. The molecule has 23 heavy (non-hydrogen) atoms. The zero-order chi connectivity index (χ0) is 15.9. The molecule has 4 aliphatic rings. The van der Waals surface area contributed by atoms with Crippen molar-refractivity contribution in [2.75, 3.05) is 5.43 Å². The number of carbonyl (C=O) groups is 1. The standard InChI is InChI=1S/C18H24N4O/c1-12(5-16(23)21-22-17-19-3-2-4-20-17)18-9-13-6-14(10-18)8-15(7-13)11-18/h2-5,13-15H,6-11H2,1H3,(H,21,23)(H,19,20,22)/b12-5-. The fourth-order valence-corrected chi connectivity index (χ4v) is 5.46. The van der Waals surface area contributed by atoms with Gasteiger partial charge < -0.3 is 0 Å². The molecule has 0 spiro atoms. The molecule has 4 aliphatic carbocycles. The van der Waals surface area contributed by atoms with Crippen LogP contribution in [0.3, 0.4) is 0 Å². The molecule has 0 aromatic carbocycles. The zero-order valence-electron chi connectivity index (χ0n) is 13.6. The molecule has 1 aromatic rings. The number of anilines is 1. The highest BCUT2D eigenvalue weighted by Gasteiger charge is 2.51. The summed E-state index contributed by atoms with van der Waals surface area (Å²) in [5, 5.41) is 0. The van der Waals surface area contributed by atoms with Crippen molar-refractivity contribution in [1.82, 2.24) is 15.4 Å². The van der Waals surface area contributed by atoms with Crippen molar-refractivity contribution in [3.63, 3.8) is 0 Å². The van der Waals surface area contributed by atoms with E-state index >= 15 is 0 Å². The number of allylic oxidation sites excluding steroid dienone is 1. The Labute approximate surface area is 137 Å². The molecule has 5 rings (SSSR count). The summed E-state index contributed by atoms with van der Waals surface area (Å²) in [4.78, 5) is 20.3. The molecule has 1 amide bonds. The average Bonchev–Trinajstić information content (AvgIpc) is 2.52. The van der Waals surface area contributed by atoms with Crippen molar-refractivity contribution in [3.8, 4) is 0 Å². The Balaban J connectivity index is 1.43. The fraction of sp³-hybridized carbons (Fsp3) is 0.611. The fourth-order valence-electron chi connectivity index (χ4n) is 5.46. The van der Waals surface area contributed by atoms with Crippen LogP contribution in [0.1, 0.15) is 45.4 Å². The number of hydrogen-bond donors (Lipinski definition) is 2. The Morgan fingerprint density at radius 2 is 1.70 bits per heavy atom. The van der Waals surface area contributed by atoms with Crippen LogP contribution in [0.15, 0.2) is 30.1 Å². The molecule has 0 radical (unpaired) electrons. The Bertz CT molecular complexity index is 590. The largest absolute Gasteiger partial charge is 0.268 e. The summed E-state index contributed by atoms with van der Waals surface area (Å²) < 4.78 is 0. The van der Waals surface area contributed by atoms with E-state index in [-0.39, 0.29) is 11.3 Å². The first-order valence-corrected chi connectivity index (χ1v) is 8.65. The number of nitrogens with zero attached hydrogens (tertiary/aromatic N) is 2. The Hall–Kier alpha value is -1.91. The first-order valence-electron chi connectivity index (χ1n) is 8.65. The number of amides is 1. The molecule has 122 valence electrons. The Morgan fingerprint density at radius 3 is 2.26 bits per heavy atom.